The Kier molecular flexibility index (Phi) is 8.18. The van der Waals surface area contributed by atoms with Crippen LogP contribution in [0.4, 0.5) is 0 Å². The first-order chi connectivity index (χ1) is 19.9. The van der Waals surface area contributed by atoms with Gasteiger partial charge in [0.25, 0.3) is 8.38 Å². The molecule has 0 saturated carbocycles. The van der Waals surface area contributed by atoms with Crippen LogP contribution < -0.4 is 23.3 Å². The molecule has 1 aliphatic rings. The van der Waals surface area contributed by atoms with E-state index in [1.54, 1.807) is 21.3 Å². The summed E-state index contributed by atoms with van der Waals surface area (Å²) in [7, 11) is 3.71. The normalized spacial score (nSPS) is 14.6. The first-order valence-corrected chi connectivity index (χ1v) is 15.6. The van der Waals surface area contributed by atoms with Gasteiger partial charge < -0.3 is 23.3 Å². The molecule has 0 aliphatic carbocycles. The highest BCUT2D eigenvalue weighted by molar-refractivity contribution is 7.47. The number of hydrogen-bond acceptors (Lipinski definition) is 5. The topological polar surface area (TPSA) is 46.2 Å². The third-order valence-corrected chi connectivity index (χ3v) is 8.98. The molecule has 4 aromatic rings. The van der Waals surface area contributed by atoms with E-state index in [2.05, 4.69) is 90.1 Å². The van der Waals surface area contributed by atoms with Crippen LogP contribution in [0, 0.1) is 0 Å². The molecule has 0 N–H and O–H groups in total. The molecule has 6 heteroatoms. The third kappa shape index (κ3) is 5.80. The molecule has 4 aromatic carbocycles. The van der Waals surface area contributed by atoms with E-state index in [1.165, 1.54) is 11.1 Å². The van der Waals surface area contributed by atoms with Gasteiger partial charge in [0.05, 0.1) is 27.5 Å². The first kappa shape index (κ1) is 29.8. The van der Waals surface area contributed by atoms with Crippen molar-refractivity contribution < 1.29 is 23.3 Å². The predicted molar refractivity (Wildman–Crippen MR) is 173 cm³/mol. The summed E-state index contributed by atoms with van der Waals surface area (Å²) in [5.41, 5.74) is 6.84. The highest BCUT2D eigenvalue weighted by Gasteiger charge is 2.32. The van der Waals surface area contributed by atoms with E-state index in [9.17, 15) is 0 Å². The fraction of sp³-hybridized carbons (Fsp3) is 0.333. The first-order valence-electron chi connectivity index (χ1n) is 14.2. The Morgan fingerprint density at radius 2 is 1.12 bits per heavy atom. The predicted octanol–water partition coefficient (Wildman–Crippen LogP) is 9.92. The van der Waals surface area contributed by atoms with Gasteiger partial charge >= 0.3 is 0 Å². The number of hydrogen-bond donors (Lipinski definition) is 0. The lowest BCUT2D eigenvalue weighted by Crippen LogP contribution is -2.16. The molecule has 1 heterocycles. The molecule has 0 aromatic heterocycles. The van der Waals surface area contributed by atoms with Gasteiger partial charge in [-0.25, -0.2) is 0 Å². The largest absolute Gasteiger partial charge is 0.497 e. The maximum Gasteiger partial charge on any atom is 0.295 e. The molecule has 0 bridgehead atoms. The smallest absolute Gasteiger partial charge is 0.295 e. The van der Waals surface area contributed by atoms with Gasteiger partial charge in [0.2, 0.25) is 0 Å². The van der Waals surface area contributed by atoms with Crippen molar-refractivity contribution in [1.29, 1.82) is 0 Å². The van der Waals surface area contributed by atoms with E-state index in [0.29, 0.717) is 6.16 Å². The second kappa shape index (κ2) is 11.5. The summed E-state index contributed by atoms with van der Waals surface area (Å²) >= 11 is 0. The molecule has 220 valence electrons. The number of rotatable bonds is 6. The van der Waals surface area contributed by atoms with Gasteiger partial charge in [-0.2, -0.15) is 0 Å². The van der Waals surface area contributed by atoms with E-state index in [4.69, 9.17) is 23.3 Å². The molecule has 5 rings (SSSR count). The Morgan fingerprint density at radius 3 is 1.69 bits per heavy atom. The van der Waals surface area contributed by atoms with Crippen molar-refractivity contribution in [2.75, 3.05) is 21.3 Å². The number of ether oxygens (including phenoxy) is 3. The van der Waals surface area contributed by atoms with Gasteiger partial charge in [0, 0.05) is 27.8 Å². The minimum atomic E-state index is -1.40. The molecule has 1 aliphatic heterocycles. The van der Waals surface area contributed by atoms with Crippen molar-refractivity contribution in [2.24, 2.45) is 0 Å². The van der Waals surface area contributed by atoms with Crippen molar-refractivity contribution >= 4 is 8.38 Å². The molecule has 0 saturated heterocycles. The van der Waals surface area contributed by atoms with E-state index in [0.717, 1.165) is 56.6 Å². The molecule has 1 unspecified atom stereocenters. The summed E-state index contributed by atoms with van der Waals surface area (Å²) in [5, 5.41) is 0. The molecular weight excluding hydrogens is 543 g/mol. The number of para-hydroxylation sites is 1. The summed E-state index contributed by atoms with van der Waals surface area (Å²) < 4.78 is 31.6. The SMILES string of the molecule is COc1cc(-c2cc(OC)cc(C(C)(C)C)c2OP2Cc3ccccc3-c3ccccc3O2)c(OC)c(C(C)(C)C)c1. The Hall–Kier alpha value is -3.69. The Morgan fingerprint density at radius 1 is 0.595 bits per heavy atom. The Balaban J connectivity index is 1.75. The van der Waals surface area contributed by atoms with Gasteiger partial charge in [-0.15, -0.1) is 0 Å². The van der Waals surface area contributed by atoms with Crippen LogP contribution in [-0.4, -0.2) is 21.3 Å². The zero-order valence-electron chi connectivity index (χ0n) is 26.1. The highest BCUT2D eigenvalue weighted by Crippen LogP contribution is 2.56. The zero-order valence-corrected chi connectivity index (χ0v) is 27.0. The Bertz CT molecular complexity index is 1550. The van der Waals surface area contributed by atoms with Crippen LogP contribution in [0.2, 0.25) is 0 Å². The van der Waals surface area contributed by atoms with Crippen molar-refractivity contribution in [2.45, 2.75) is 58.5 Å². The fourth-order valence-corrected chi connectivity index (χ4v) is 6.90. The van der Waals surface area contributed by atoms with Crippen LogP contribution in [0.5, 0.6) is 28.7 Å². The van der Waals surface area contributed by atoms with E-state index in [1.807, 2.05) is 24.3 Å². The van der Waals surface area contributed by atoms with Crippen LogP contribution in [0.25, 0.3) is 22.3 Å². The Labute approximate surface area is 251 Å². The van der Waals surface area contributed by atoms with Crippen LogP contribution in [0.15, 0.2) is 72.8 Å². The van der Waals surface area contributed by atoms with Crippen LogP contribution in [0.1, 0.15) is 58.2 Å². The van der Waals surface area contributed by atoms with Crippen LogP contribution in [-0.2, 0) is 17.0 Å². The van der Waals surface area contributed by atoms with E-state index >= 15 is 0 Å². The second-order valence-corrected chi connectivity index (χ2v) is 14.0. The second-order valence-electron chi connectivity index (χ2n) is 12.6. The lowest BCUT2D eigenvalue weighted by molar-refractivity contribution is 0.389. The van der Waals surface area contributed by atoms with Crippen LogP contribution in [0.3, 0.4) is 0 Å². The summed E-state index contributed by atoms with van der Waals surface area (Å²) in [6.45, 7) is 13.1. The molecular formula is C36H41O5P. The summed E-state index contributed by atoms with van der Waals surface area (Å²) in [6, 6.07) is 24.9. The zero-order chi connectivity index (χ0) is 30.2. The molecule has 0 amide bonds. The fourth-order valence-electron chi connectivity index (χ4n) is 5.40. The minimum absolute atomic E-state index is 0.191. The molecule has 0 spiro atoms. The number of fused-ring (bicyclic) bond motifs is 3. The van der Waals surface area contributed by atoms with Crippen molar-refractivity contribution in [3.8, 4) is 51.0 Å². The third-order valence-electron chi connectivity index (χ3n) is 7.59. The molecule has 0 radical (unpaired) electrons. The van der Waals surface area contributed by atoms with Gasteiger partial charge in [-0.05, 0) is 52.3 Å². The molecule has 5 nitrogen and oxygen atoms in total. The lowest BCUT2D eigenvalue weighted by atomic mass is 9.81. The van der Waals surface area contributed by atoms with Gasteiger partial charge in [0.1, 0.15) is 28.7 Å². The van der Waals surface area contributed by atoms with E-state index in [-0.39, 0.29) is 10.8 Å². The lowest BCUT2D eigenvalue weighted by Gasteiger charge is -2.30. The quantitative estimate of drug-likeness (QED) is 0.211. The molecule has 0 fully saturated rings. The minimum Gasteiger partial charge on any atom is -0.497 e. The average molecular weight is 585 g/mol. The summed E-state index contributed by atoms with van der Waals surface area (Å²) in [4.78, 5) is 0. The van der Waals surface area contributed by atoms with Gasteiger partial charge in [0.15, 0.2) is 0 Å². The van der Waals surface area contributed by atoms with Crippen molar-refractivity contribution in [3.63, 3.8) is 0 Å². The average Bonchev–Trinajstić information content (AvgIpc) is 3.11. The number of benzene rings is 4. The van der Waals surface area contributed by atoms with Crippen LogP contribution >= 0.6 is 8.38 Å². The van der Waals surface area contributed by atoms with E-state index < -0.39 is 8.38 Å². The summed E-state index contributed by atoms with van der Waals surface area (Å²) in [6.07, 6.45) is 0.651. The maximum atomic E-state index is 7.08. The maximum absolute atomic E-state index is 7.08. The standard InChI is InChI=1S/C36H41O5P/c1-35(2,3)30-20-24(37-7)18-28(33(30)39-9)29-19-25(38-8)21-31(36(4,5)6)34(29)41-42-22-23-14-10-11-15-26(23)27-16-12-13-17-32(27)40-42/h10-21H,22H2,1-9H3. The molecule has 42 heavy (non-hydrogen) atoms. The van der Waals surface area contributed by atoms with Crippen molar-refractivity contribution in [1.82, 2.24) is 0 Å². The summed E-state index contributed by atoms with van der Waals surface area (Å²) in [5.74, 6) is 3.87. The number of methoxy groups -OCH3 is 3. The monoisotopic (exact) mass is 584 g/mol. The molecule has 1 atom stereocenters. The highest BCUT2D eigenvalue weighted by atomic mass is 31.2. The van der Waals surface area contributed by atoms with Gasteiger partial charge in [-0.1, -0.05) is 84.0 Å². The van der Waals surface area contributed by atoms with Gasteiger partial charge in [-0.3, -0.25) is 0 Å². The van der Waals surface area contributed by atoms with Crippen molar-refractivity contribution in [3.05, 3.63) is 89.5 Å².